The van der Waals surface area contributed by atoms with Crippen LogP contribution in [0.5, 0.6) is 11.5 Å². The number of ether oxygens (including phenoxy) is 2. The van der Waals surface area contributed by atoms with Crippen LogP contribution in [-0.4, -0.2) is 42.1 Å². The smallest absolute Gasteiger partial charge is 0.309 e. The standard InChI is InChI=1S/C34H41N3O6/c1-19-5-6-20(2)24(13-19)18-36-32(39)29-21-7-8-22(14-21)30(29)37-31(38)26-16-27(23(17-35)15-28(26)42-4)43-25-9-11-34(3,12-10-25)33(40)41/h5-6,13,15-16,21-22,25,29-30H,7-12,14,18H2,1-4H3,(H,36,39)(H,37,38)(H,40,41)/t21-,22+,25-,29+,30-,34+/m1/s1. The van der Waals surface area contributed by atoms with E-state index in [0.717, 1.165) is 36.0 Å². The number of hydrogen-bond acceptors (Lipinski definition) is 6. The van der Waals surface area contributed by atoms with Gasteiger partial charge in [0.25, 0.3) is 5.91 Å². The summed E-state index contributed by atoms with van der Waals surface area (Å²) >= 11 is 0. The highest BCUT2D eigenvalue weighted by Gasteiger charge is 2.51. The third kappa shape index (κ3) is 6.20. The zero-order valence-electron chi connectivity index (χ0n) is 25.4. The van der Waals surface area contributed by atoms with Crippen molar-refractivity contribution in [1.82, 2.24) is 10.6 Å². The molecule has 2 bridgehead atoms. The van der Waals surface area contributed by atoms with Gasteiger partial charge in [-0.15, -0.1) is 0 Å². The van der Waals surface area contributed by atoms with Crippen LogP contribution in [0.3, 0.4) is 0 Å². The minimum absolute atomic E-state index is 0.0418. The fourth-order valence-corrected chi connectivity index (χ4v) is 7.23. The van der Waals surface area contributed by atoms with Gasteiger partial charge in [0.05, 0.1) is 35.7 Å². The van der Waals surface area contributed by atoms with Crippen molar-refractivity contribution in [1.29, 1.82) is 5.26 Å². The number of nitriles is 1. The van der Waals surface area contributed by atoms with E-state index in [1.54, 1.807) is 13.0 Å². The number of rotatable bonds is 9. The Kier molecular flexibility index (Phi) is 8.68. The lowest BCUT2D eigenvalue weighted by molar-refractivity contribution is -0.150. The fourth-order valence-electron chi connectivity index (χ4n) is 7.23. The molecule has 0 aromatic heterocycles. The molecule has 2 aromatic carbocycles. The van der Waals surface area contributed by atoms with Crippen molar-refractivity contribution in [2.45, 2.75) is 84.4 Å². The maximum absolute atomic E-state index is 13.8. The lowest BCUT2D eigenvalue weighted by Gasteiger charge is -2.34. The highest BCUT2D eigenvalue weighted by atomic mass is 16.5. The predicted molar refractivity (Wildman–Crippen MR) is 160 cm³/mol. The van der Waals surface area contributed by atoms with E-state index in [0.29, 0.717) is 32.2 Å². The predicted octanol–water partition coefficient (Wildman–Crippen LogP) is 5.06. The van der Waals surface area contributed by atoms with Crippen molar-refractivity contribution in [3.63, 3.8) is 0 Å². The molecule has 4 atom stereocenters. The van der Waals surface area contributed by atoms with Crippen LogP contribution in [0.15, 0.2) is 30.3 Å². The minimum Gasteiger partial charge on any atom is -0.496 e. The molecule has 0 heterocycles. The molecular formula is C34H41N3O6. The molecule has 3 N–H and O–H groups in total. The highest BCUT2D eigenvalue weighted by molar-refractivity contribution is 5.98. The van der Waals surface area contributed by atoms with Crippen molar-refractivity contribution in [3.05, 3.63) is 58.1 Å². The van der Waals surface area contributed by atoms with Gasteiger partial charge in [0.1, 0.15) is 17.6 Å². The van der Waals surface area contributed by atoms with Crippen LogP contribution in [0.2, 0.25) is 0 Å². The molecule has 0 radical (unpaired) electrons. The van der Waals surface area contributed by atoms with Gasteiger partial charge in [0.15, 0.2) is 0 Å². The zero-order valence-corrected chi connectivity index (χ0v) is 25.4. The molecule has 9 nitrogen and oxygen atoms in total. The van der Waals surface area contributed by atoms with E-state index in [2.05, 4.69) is 34.9 Å². The number of fused-ring (bicyclic) bond motifs is 2. The summed E-state index contributed by atoms with van der Waals surface area (Å²) in [5, 5.41) is 25.7. The van der Waals surface area contributed by atoms with E-state index in [-0.39, 0.29) is 64.3 Å². The number of amides is 2. The summed E-state index contributed by atoms with van der Waals surface area (Å²) in [5.74, 6) is -0.591. The van der Waals surface area contributed by atoms with Crippen LogP contribution in [0.25, 0.3) is 0 Å². The van der Waals surface area contributed by atoms with Gasteiger partial charge < -0.3 is 25.2 Å². The Morgan fingerprint density at radius 2 is 1.77 bits per heavy atom. The molecule has 3 fully saturated rings. The molecule has 3 aliphatic carbocycles. The Morgan fingerprint density at radius 1 is 1.05 bits per heavy atom. The summed E-state index contributed by atoms with van der Waals surface area (Å²) in [6, 6.07) is 11.1. The third-order valence-electron chi connectivity index (χ3n) is 9.99. The summed E-state index contributed by atoms with van der Waals surface area (Å²) in [6.07, 6.45) is 4.58. The van der Waals surface area contributed by atoms with Gasteiger partial charge >= 0.3 is 5.97 Å². The number of methoxy groups -OCH3 is 1. The van der Waals surface area contributed by atoms with E-state index in [4.69, 9.17) is 9.47 Å². The zero-order chi connectivity index (χ0) is 30.9. The average molecular weight is 588 g/mol. The Bertz CT molecular complexity index is 1450. The van der Waals surface area contributed by atoms with Crippen LogP contribution in [0.1, 0.15) is 84.5 Å². The summed E-state index contributed by atoms with van der Waals surface area (Å²) in [6.45, 7) is 6.25. The quantitative estimate of drug-likeness (QED) is 0.373. The van der Waals surface area contributed by atoms with Gasteiger partial charge in [-0.3, -0.25) is 14.4 Å². The fraction of sp³-hybridized carbons (Fsp3) is 0.529. The first-order chi connectivity index (χ1) is 20.5. The molecule has 2 aromatic rings. The van der Waals surface area contributed by atoms with E-state index in [1.165, 1.54) is 13.2 Å². The normalized spacial score (nSPS) is 27.7. The van der Waals surface area contributed by atoms with Gasteiger partial charge in [-0.05, 0) is 94.7 Å². The first-order valence-electron chi connectivity index (χ1n) is 15.2. The first-order valence-corrected chi connectivity index (χ1v) is 15.2. The molecule has 2 amide bonds. The number of carboxylic acid groups (broad SMARTS) is 1. The molecule has 0 saturated heterocycles. The van der Waals surface area contributed by atoms with Crippen LogP contribution >= 0.6 is 0 Å². The van der Waals surface area contributed by atoms with E-state index in [9.17, 15) is 24.8 Å². The first kappa shape index (κ1) is 30.4. The van der Waals surface area contributed by atoms with Crippen molar-refractivity contribution in [2.24, 2.45) is 23.2 Å². The minimum atomic E-state index is -0.815. The molecule has 0 spiro atoms. The number of carboxylic acids is 1. The number of benzene rings is 2. The number of carbonyl (C=O) groups excluding carboxylic acids is 2. The van der Waals surface area contributed by atoms with Gasteiger partial charge in [0, 0.05) is 18.7 Å². The van der Waals surface area contributed by atoms with Crippen LogP contribution in [-0.2, 0) is 16.1 Å². The summed E-state index contributed by atoms with van der Waals surface area (Å²) in [7, 11) is 1.45. The number of hydrogen-bond donors (Lipinski definition) is 3. The molecule has 9 heteroatoms. The summed E-state index contributed by atoms with van der Waals surface area (Å²) in [4.78, 5) is 38.9. The van der Waals surface area contributed by atoms with Gasteiger partial charge in [0.2, 0.25) is 5.91 Å². The number of carbonyl (C=O) groups is 3. The van der Waals surface area contributed by atoms with Crippen LogP contribution < -0.4 is 20.1 Å². The largest absolute Gasteiger partial charge is 0.496 e. The average Bonchev–Trinajstić information content (AvgIpc) is 3.60. The van der Waals surface area contributed by atoms with Crippen molar-refractivity contribution in [2.75, 3.05) is 7.11 Å². The van der Waals surface area contributed by atoms with E-state index in [1.807, 2.05) is 13.8 Å². The van der Waals surface area contributed by atoms with Gasteiger partial charge in [-0.2, -0.15) is 5.26 Å². The second kappa shape index (κ2) is 12.3. The second-order valence-corrected chi connectivity index (χ2v) is 12.8. The molecular weight excluding hydrogens is 546 g/mol. The maximum atomic E-state index is 13.8. The van der Waals surface area contributed by atoms with Crippen LogP contribution in [0.4, 0.5) is 0 Å². The molecule has 3 saturated carbocycles. The van der Waals surface area contributed by atoms with Crippen molar-refractivity contribution < 1.29 is 29.0 Å². The molecule has 0 unspecified atom stereocenters. The number of aliphatic carboxylic acids is 1. The van der Waals surface area contributed by atoms with Crippen molar-refractivity contribution in [3.8, 4) is 17.6 Å². The summed E-state index contributed by atoms with van der Waals surface area (Å²) in [5.41, 5.74) is 3.03. The lowest BCUT2D eigenvalue weighted by Crippen LogP contribution is -2.49. The third-order valence-corrected chi connectivity index (χ3v) is 9.99. The number of nitrogens with one attached hydrogen (secondary N) is 2. The lowest BCUT2D eigenvalue weighted by atomic mass is 9.75. The molecule has 43 heavy (non-hydrogen) atoms. The van der Waals surface area contributed by atoms with Crippen LogP contribution in [0, 0.1) is 48.3 Å². The SMILES string of the molecule is COc1cc(C#N)c(O[C@H]2CC[C@@](C)(C(=O)O)CC2)cc1C(=O)N[C@@H]1[C@H]2CC[C@H](C2)[C@@H]1C(=O)NCc1cc(C)ccc1C. The van der Waals surface area contributed by atoms with Crippen molar-refractivity contribution >= 4 is 17.8 Å². The molecule has 5 rings (SSSR count). The Morgan fingerprint density at radius 3 is 2.44 bits per heavy atom. The Labute approximate surface area is 252 Å². The monoisotopic (exact) mass is 587 g/mol. The Hall–Kier alpha value is -4.06. The Balaban J connectivity index is 1.31. The maximum Gasteiger partial charge on any atom is 0.309 e. The molecule has 228 valence electrons. The molecule has 0 aliphatic heterocycles. The van der Waals surface area contributed by atoms with E-state index >= 15 is 0 Å². The van der Waals surface area contributed by atoms with Gasteiger partial charge in [-0.25, -0.2) is 0 Å². The van der Waals surface area contributed by atoms with Gasteiger partial charge in [-0.1, -0.05) is 23.8 Å². The molecule has 3 aliphatic rings. The second-order valence-electron chi connectivity index (χ2n) is 12.8. The van der Waals surface area contributed by atoms with E-state index < -0.39 is 11.4 Å². The number of aryl methyl sites for hydroxylation is 2. The number of nitrogens with zero attached hydrogens (tertiary/aromatic N) is 1. The summed E-state index contributed by atoms with van der Waals surface area (Å²) < 4.78 is 11.7. The highest BCUT2D eigenvalue weighted by Crippen LogP contribution is 2.49. The topological polar surface area (TPSA) is 138 Å².